The zero-order valence-corrected chi connectivity index (χ0v) is 21.6. The Hall–Kier alpha value is -3.33. The van der Waals surface area contributed by atoms with Crippen LogP contribution in [0.3, 0.4) is 0 Å². The summed E-state index contributed by atoms with van der Waals surface area (Å²) in [5, 5.41) is 11.1. The number of benzene rings is 1. The molecule has 0 bridgehead atoms. The lowest BCUT2D eigenvalue weighted by atomic mass is 9.91. The number of hydrogen-bond donors (Lipinski definition) is 0. The van der Waals surface area contributed by atoms with Crippen LogP contribution in [0, 0.1) is 0 Å². The Bertz CT molecular complexity index is 1390. The zero-order valence-electron chi connectivity index (χ0n) is 20.8. The number of anilines is 2. The Morgan fingerprint density at radius 1 is 0.972 bits per heavy atom. The van der Waals surface area contributed by atoms with E-state index in [0.717, 1.165) is 78.3 Å². The van der Waals surface area contributed by atoms with Gasteiger partial charge >= 0.3 is 5.88 Å². The van der Waals surface area contributed by atoms with Crippen molar-refractivity contribution < 1.29 is 19.0 Å². The summed E-state index contributed by atoms with van der Waals surface area (Å²) in [5.74, 6) is 2.55. The molecule has 1 aromatic heterocycles. The number of hydrogen-bond acceptors (Lipinski definition) is 7. The number of methoxy groups -OCH3 is 2. The average Bonchev–Trinajstić information content (AvgIpc) is 3.29. The van der Waals surface area contributed by atoms with E-state index in [4.69, 9.17) is 14.3 Å². The standard InChI is InChI=1S/C27H30N5O3.ClH/c1-33-23-11-7-6-10-22(23)30-12-14-31(15-13-30)27-25-20(17-28-29-27)18-32(35-3)24(34-2)16-19-8-4-5-9-21(19)26(25)32;/h5-7,9-11,16-18H,4,8,12-15H2,1-3H3;1H/q+1;. The highest BCUT2D eigenvalue weighted by Gasteiger charge is 2.49. The summed E-state index contributed by atoms with van der Waals surface area (Å²) >= 11 is 0. The Balaban J connectivity index is 0.00000267. The first-order valence-electron chi connectivity index (χ1n) is 12.0. The predicted molar refractivity (Wildman–Crippen MR) is 142 cm³/mol. The maximum Gasteiger partial charge on any atom is 0.335 e. The van der Waals surface area contributed by atoms with Gasteiger partial charge in [0.1, 0.15) is 5.75 Å². The van der Waals surface area contributed by atoms with Crippen molar-refractivity contribution in [3.05, 3.63) is 76.2 Å². The van der Waals surface area contributed by atoms with Crippen LogP contribution in [-0.4, -0.2) is 62.4 Å². The molecule has 4 heterocycles. The van der Waals surface area contributed by atoms with E-state index in [0.29, 0.717) is 0 Å². The second kappa shape index (κ2) is 9.61. The van der Waals surface area contributed by atoms with E-state index in [2.05, 4.69) is 56.6 Å². The second-order valence-corrected chi connectivity index (χ2v) is 9.03. The number of hydroxylamine groups is 3. The van der Waals surface area contributed by atoms with Crippen molar-refractivity contribution in [3.63, 3.8) is 0 Å². The lowest BCUT2D eigenvalue weighted by molar-refractivity contribution is -0.962. The normalized spacial score (nSPS) is 22.2. The Morgan fingerprint density at radius 2 is 1.75 bits per heavy atom. The van der Waals surface area contributed by atoms with Gasteiger partial charge in [0.05, 0.1) is 43.7 Å². The third-order valence-corrected chi connectivity index (χ3v) is 7.34. The number of aromatic nitrogens is 2. The lowest BCUT2D eigenvalue weighted by Crippen LogP contribution is -2.50. The van der Waals surface area contributed by atoms with Crippen molar-refractivity contribution in [2.75, 3.05) is 57.3 Å². The number of rotatable bonds is 5. The summed E-state index contributed by atoms with van der Waals surface area (Å²) in [6.45, 7) is 3.40. The quantitative estimate of drug-likeness (QED) is 0.575. The second-order valence-electron chi connectivity index (χ2n) is 9.03. The molecule has 1 unspecified atom stereocenters. The summed E-state index contributed by atoms with van der Waals surface area (Å²) in [4.78, 5) is 10.9. The Kier molecular flexibility index (Phi) is 6.51. The molecule has 9 heteroatoms. The van der Waals surface area contributed by atoms with Crippen LogP contribution in [0.25, 0.3) is 11.9 Å². The third kappa shape index (κ3) is 3.59. The van der Waals surface area contributed by atoms with Crippen LogP contribution in [0.2, 0.25) is 0 Å². The molecular weight excluding hydrogens is 478 g/mol. The summed E-state index contributed by atoms with van der Waals surface area (Å²) in [6, 6.07) is 8.19. The van der Waals surface area contributed by atoms with Gasteiger partial charge in [-0.3, -0.25) is 0 Å². The predicted octanol–water partition coefficient (Wildman–Crippen LogP) is 2.62. The van der Waals surface area contributed by atoms with Crippen LogP contribution in [0.5, 0.6) is 5.75 Å². The fourth-order valence-corrected chi connectivity index (χ4v) is 5.65. The highest BCUT2D eigenvalue weighted by atomic mass is 35.5. The number of ether oxygens (including phenoxy) is 2. The number of fused-ring (bicyclic) bond motifs is 3. The Morgan fingerprint density at radius 3 is 2.50 bits per heavy atom. The molecule has 1 atom stereocenters. The molecule has 0 N–H and O–H groups in total. The van der Waals surface area contributed by atoms with E-state index in [1.807, 2.05) is 18.3 Å². The zero-order chi connectivity index (χ0) is 24.0. The van der Waals surface area contributed by atoms with Crippen molar-refractivity contribution >= 4 is 35.8 Å². The highest BCUT2D eigenvalue weighted by molar-refractivity contribution is 5.85. The van der Waals surface area contributed by atoms with Gasteiger partial charge < -0.3 is 19.3 Å². The highest BCUT2D eigenvalue weighted by Crippen LogP contribution is 2.44. The van der Waals surface area contributed by atoms with E-state index >= 15 is 0 Å². The Labute approximate surface area is 217 Å². The molecule has 0 amide bonds. The minimum atomic E-state index is 0. The summed E-state index contributed by atoms with van der Waals surface area (Å²) < 4.78 is 11.5. The molecule has 36 heavy (non-hydrogen) atoms. The smallest absolute Gasteiger partial charge is 0.335 e. The molecule has 1 aliphatic carbocycles. The van der Waals surface area contributed by atoms with Crippen molar-refractivity contribution in [3.8, 4) is 5.75 Å². The minimum absolute atomic E-state index is 0. The van der Waals surface area contributed by atoms with E-state index in [-0.39, 0.29) is 17.1 Å². The van der Waals surface area contributed by atoms with E-state index < -0.39 is 0 Å². The van der Waals surface area contributed by atoms with Crippen LogP contribution in [0.15, 0.2) is 65.7 Å². The van der Waals surface area contributed by atoms with Crippen LogP contribution in [0.4, 0.5) is 11.5 Å². The first-order chi connectivity index (χ1) is 17.2. The van der Waals surface area contributed by atoms with Crippen LogP contribution in [0.1, 0.15) is 12.8 Å². The van der Waals surface area contributed by atoms with Gasteiger partial charge in [-0.25, -0.2) is 0 Å². The number of piperazine rings is 1. The van der Waals surface area contributed by atoms with Gasteiger partial charge in [0.25, 0.3) is 0 Å². The minimum Gasteiger partial charge on any atom is -0.495 e. The van der Waals surface area contributed by atoms with Gasteiger partial charge in [0.2, 0.25) is 0 Å². The molecule has 3 aliphatic heterocycles. The van der Waals surface area contributed by atoms with Crippen molar-refractivity contribution in [1.29, 1.82) is 0 Å². The topological polar surface area (TPSA) is 60.0 Å². The van der Waals surface area contributed by atoms with Crippen molar-refractivity contribution in [2.24, 2.45) is 0 Å². The third-order valence-electron chi connectivity index (χ3n) is 7.34. The number of quaternary nitrogens is 1. The van der Waals surface area contributed by atoms with Gasteiger partial charge in [-0.05, 0) is 30.5 Å². The van der Waals surface area contributed by atoms with Crippen molar-refractivity contribution in [1.82, 2.24) is 10.2 Å². The molecular formula is C27H31ClN5O3+. The van der Waals surface area contributed by atoms with E-state index in [1.54, 1.807) is 21.3 Å². The maximum absolute atomic E-state index is 6.17. The van der Waals surface area contributed by atoms with Crippen LogP contribution in [-0.2, 0) is 9.57 Å². The molecule has 1 aromatic carbocycles. The maximum atomic E-state index is 6.17. The SMILES string of the molecule is COC1=CC2=C(C=CCC2)C2=c3c(N4CCN(c5ccccc5OC)CC4)nncc3=C[N+]12OC.Cl. The molecule has 0 spiro atoms. The summed E-state index contributed by atoms with van der Waals surface area (Å²) in [6.07, 6.45) is 12.5. The van der Waals surface area contributed by atoms with Gasteiger partial charge in [-0.15, -0.1) is 17.5 Å². The molecule has 2 aromatic rings. The first-order valence-corrected chi connectivity index (χ1v) is 12.0. The molecule has 8 nitrogen and oxygen atoms in total. The monoisotopic (exact) mass is 508 g/mol. The van der Waals surface area contributed by atoms with Gasteiger partial charge in [-0.2, -0.15) is 9.94 Å². The van der Waals surface area contributed by atoms with Crippen molar-refractivity contribution in [2.45, 2.75) is 12.8 Å². The summed E-state index contributed by atoms with van der Waals surface area (Å²) in [7, 11) is 5.15. The molecule has 188 valence electrons. The molecule has 4 aliphatic rings. The number of para-hydroxylation sites is 2. The fraction of sp³-hybridized carbons (Fsp3) is 0.333. The fourth-order valence-electron chi connectivity index (χ4n) is 5.65. The number of nitrogens with zero attached hydrogens (tertiary/aromatic N) is 5. The number of halogens is 1. The van der Waals surface area contributed by atoms with Gasteiger partial charge in [0, 0.05) is 37.8 Å². The van der Waals surface area contributed by atoms with Crippen LogP contribution >= 0.6 is 12.4 Å². The average molecular weight is 509 g/mol. The van der Waals surface area contributed by atoms with Gasteiger partial charge in [0.15, 0.2) is 17.7 Å². The lowest BCUT2D eigenvalue weighted by Gasteiger charge is -2.37. The van der Waals surface area contributed by atoms with E-state index in [9.17, 15) is 0 Å². The van der Waals surface area contributed by atoms with E-state index in [1.165, 1.54) is 11.1 Å². The largest absolute Gasteiger partial charge is 0.495 e. The van der Waals surface area contributed by atoms with Gasteiger partial charge in [-0.1, -0.05) is 28.9 Å². The molecule has 1 saturated heterocycles. The molecule has 0 saturated carbocycles. The first kappa shape index (κ1) is 24.4. The number of allylic oxidation sites excluding steroid dienone is 3. The molecule has 6 rings (SSSR count). The molecule has 1 fully saturated rings. The summed E-state index contributed by atoms with van der Waals surface area (Å²) in [5.41, 5.74) is 4.65. The molecule has 0 radical (unpaired) electrons. The van der Waals surface area contributed by atoms with Crippen LogP contribution < -0.4 is 25.0 Å².